The summed E-state index contributed by atoms with van der Waals surface area (Å²) in [6.45, 7) is 2.43. The number of para-hydroxylation sites is 3. The Balaban J connectivity index is 1.21. The van der Waals surface area contributed by atoms with E-state index in [1.165, 1.54) is 75.9 Å². The number of hydrogen-bond donors (Lipinski definition) is 1. The summed E-state index contributed by atoms with van der Waals surface area (Å²) in [5.74, 6) is 1.06. The molecule has 11 rings (SSSR count). The van der Waals surface area contributed by atoms with Crippen molar-refractivity contribution >= 4 is 89.6 Å². The second-order valence-corrected chi connectivity index (χ2v) is 15.3. The maximum absolute atomic E-state index is 5.72. The van der Waals surface area contributed by atoms with E-state index in [1.807, 2.05) is 11.3 Å². The van der Waals surface area contributed by atoms with Crippen LogP contribution in [-0.2, 0) is 6.42 Å². The first-order valence-corrected chi connectivity index (χ1v) is 18.4. The Labute approximate surface area is 293 Å². The number of aryl methyl sites for hydroxylation is 1. The van der Waals surface area contributed by atoms with E-state index in [1.54, 1.807) is 0 Å². The summed E-state index contributed by atoms with van der Waals surface area (Å²) >= 11 is 1.85. The predicted octanol–water partition coefficient (Wildman–Crippen LogP) is 9.96. The third-order valence-electron chi connectivity index (χ3n) is 11.2. The number of aromatic nitrogens is 2. The average Bonchev–Trinajstić information content (AvgIpc) is 3.80. The van der Waals surface area contributed by atoms with Gasteiger partial charge in [0.1, 0.15) is 10.8 Å². The van der Waals surface area contributed by atoms with Gasteiger partial charge in [0.2, 0.25) is 0 Å². The summed E-state index contributed by atoms with van der Waals surface area (Å²) in [5, 5.41) is 14.1. The molecule has 50 heavy (non-hydrogen) atoms. The van der Waals surface area contributed by atoms with Gasteiger partial charge < -0.3 is 9.88 Å². The first-order chi connectivity index (χ1) is 24.6. The van der Waals surface area contributed by atoms with Crippen LogP contribution in [-0.4, -0.2) is 21.0 Å². The zero-order chi connectivity index (χ0) is 33.0. The molecule has 0 radical (unpaired) electrons. The van der Waals surface area contributed by atoms with E-state index in [0.717, 1.165) is 30.1 Å². The molecule has 2 unspecified atom stereocenters. The Morgan fingerprint density at radius 1 is 0.760 bits per heavy atom. The summed E-state index contributed by atoms with van der Waals surface area (Å²) in [6.07, 6.45) is 12.7. The Hall–Kier alpha value is -5.65. The fraction of sp³-hybridized carbons (Fsp3) is 0.133. The molecule has 0 saturated carbocycles. The Kier molecular flexibility index (Phi) is 5.88. The Morgan fingerprint density at radius 3 is 2.32 bits per heavy atom. The first-order valence-electron chi connectivity index (χ1n) is 17.6. The van der Waals surface area contributed by atoms with E-state index in [0.29, 0.717) is 0 Å². The van der Waals surface area contributed by atoms with Crippen LogP contribution in [0.3, 0.4) is 0 Å². The fourth-order valence-corrected chi connectivity index (χ4v) is 9.93. The Bertz CT molecular complexity index is 2900. The molecule has 2 atom stereocenters. The number of nitrogens with zero attached hydrogens (tertiary/aromatic N) is 3. The van der Waals surface area contributed by atoms with Gasteiger partial charge in [-0.15, -0.1) is 11.3 Å². The standard InChI is InChI=1S/C45H34N4S/c1-45(24-23-33-31-17-7-10-20-36(31)48(39(33)27-45)30-15-3-2-4-16-30)42-43(47-44-41(46-42)34-19-9-12-22-40(34)50-44)49-37-21-11-8-18-32(37)35-25-28-13-5-6-14-29(28)26-38(35)49/h2-11,13-21,23,25-27,42,46H,12,22,24H2,1H3. The molecule has 0 fully saturated rings. The van der Waals surface area contributed by atoms with E-state index in [9.17, 15) is 0 Å². The van der Waals surface area contributed by atoms with E-state index in [2.05, 4.69) is 161 Å². The van der Waals surface area contributed by atoms with Gasteiger partial charge >= 0.3 is 0 Å². The summed E-state index contributed by atoms with van der Waals surface area (Å²) in [7, 11) is 0. The van der Waals surface area contributed by atoms with E-state index in [4.69, 9.17) is 4.99 Å². The molecule has 4 nitrogen and oxygen atoms in total. The highest BCUT2D eigenvalue weighted by Gasteiger charge is 2.42. The van der Waals surface area contributed by atoms with Crippen LogP contribution in [0, 0.1) is 5.41 Å². The zero-order valence-corrected chi connectivity index (χ0v) is 28.5. The lowest BCUT2D eigenvalue weighted by atomic mass is 9.75. The quantitative estimate of drug-likeness (QED) is 0.197. The lowest BCUT2D eigenvalue weighted by Gasteiger charge is -2.40. The topological polar surface area (TPSA) is 34.2 Å². The average molecular weight is 663 g/mol. The molecule has 4 heterocycles. The number of aliphatic imine (C=N–C) groups is 1. The van der Waals surface area contributed by atoms with Crippen LogP contribution in [0.2, 0.25) is 0 Å². The maximum atomic E-state index is 5.72. The molecule has 240 valence electrons. The number of benzene rings is 5. The highest BCUT2D eigenvalue weighted by Crippen LogP contribution is 2.49. The van der Waals surface area contributed by atoms with Gasteiger partial charge in [-0.25, -0.2) is 4.99 Å². The summed E-state index contributed by atoms with van der Waals surface area (Å²) in [5.41, 5.74) is 7.01. The molecule has 2 aliphatic carbocycles. The second kappa shape index (κ2) is 10.4. The highest BCUT2D eigenvalue weighted by atomic mass is 32.1. The maximum Gasteiger partial charge on any atom is 0.142 e. The van der Waals surface area contributed by atoms with Gasteiger partial charge in [0, 0.05) is 42.9 Å². The number of thiophene rings is 1. The summed E-state index contributed by atoms with van der Waals surface area (Å²) in [4.78, 5) is 7.14. The molecule has 5 aromatic carbocycles. The first kappa shape index (κ1) is 28.2. The molecule has 8 aromatic rings. The largest absolute Gasteiger partial charge is 0.371 e. The number of anilines is 1. The monoisotopic (exact) mass is 662 g/mol. The van der Waals surface area contributed by atoms with Crippen molar-refractivity contribution in [2.24, 2.45) is 10.4 Å². The van der Waals surface area contributed by atoms with Gasteiger partial charge in [0.25, 0.3) is 0 Å². The summed E-state index contributed by atoms with van der Waals surface area (Å²) in [6, 6.07) is 41.8. The lowest BCUT2D eigenvalue weighted by molar-refractivity contribution is 0.451. The molecule has 0 bridgehead atoms. The number of fused-ring (bicyclic) bond motifs is 10. The lowest BCUT2D eigenvalue weighted by Crippen LogP contribution is -2.50. The molecule has 3 aliphatic rings. The van der Waals surface area contributed by atoms with Crippen LogP contribution >= 0.6 is 11.3 Å². The van der Waals surface area contributed by atoms with Crippen molar-refractivity contribution in [3.63, 3.8) is 0 Å². The number of hydrogen-bond acceptors (Lipinski definition) is 3. The molecule has 0 saturated heterocycles. The molecule has 0 spiro atoms. The normalized spacial score (nSPS) is 19.5. The summed E-state index contributed by atoms with van der Waals surface area (Å²) < 4.78 is 4.92. The van der Waals surface area contributed by atoms with Gasteiger partial charge in [0.15, 0.2) is 0 Å². The predicted molar refractivity (Wildman–Crippen MR) is 213 cm³/mol. The molecular formula is C45H34N4S. The van der Waals surface area contributed by atoms with Crippen LogP contribution in [0.4, 0.5) is 10.7 Å². The van der Waals surface area contributed by atoms with E-state index >= 15 is 0 Å². The smallest absolute Gasteiger partial charge is 0.142 e. The molecule has 3 aromatic heterocycles. The minimum atomic E-state index is -0.299. The number of allylic oxidation sites excluding steroid dienone is 1. The van der Waals surface area contributed by atoms with Crippen LogP contribution in [0.15, 0.2) is 126 Å². The Morgan fingerprint density at radius 2 is 1.48 bits per heavy atom. The SMILES string of the molecule is CC1(C2Nc3c(sc4c3C=CCC4)N=C2n2c3ccccc3c3cc4ccccc4cc32)C=c2c(c3ccccc3n2-c2ccccc2)=CC1. The van der Waals surface area contributed by atoms with Crippen molar-refractivity contribution in [1.29, 1.82) is 0 Å². The number of rotatable bonds is 2. The van der Waals surface area contributed by atoms with Crippen molar-refractivity contribution in [3.05, 3.63) is 142 Å². The molecule has 0 amide bonds. The van der Waals surface area contributed by atoms with Crippen molar-refractivity contribution in [1.82, 2.24) is 9.13 Å². The van der Waals surface area contributed by atoms with Gasteiger partial charge in [-0.3, -0.25) is 4.57 Å². The van der Waals surface area contributed by atoms with Gasteiger partial charge in [0.05, 0.1) is 33.6 Å². The van der Waals surface area contributed by atoms with Gasteiger partial charge in [-0.05, 0) is 66.4 Å². The third kappa shape index (κ3) is 3.95. The minimum absolute atomic E-state index is 0.0962. The van der Waals surface area contributed by atoms with Gasteiger partial charge in [-0.1, -0.05) is 110 Å². The van der Waals surface area contributed by atoms with E-state index in [-0.39, 0.29) is 11.5 Å². The van der Waals surface area contributed by atoms with Crippen LogP contribution in [0.1, 0.15) is 30.2 Å². The zero-order valence-electron chi connectivity index (χ0n) is 27.7. The molecular weight excluding hydrogens is 629 g/mol. The van der Waals surface area contributed by atoms with Gasteiger partial charge in [-0.2, -0.15) is 0 Å². The van der Waals surface area contributed by atoms with Crippen LogP contribution in [0.5, 0.6) is 0 Å². The fourth-order valence-electron chi connectivity index (χ4n) is 8.78. The minimum Gasteiger partial charge on any atom is -0.371 e. The third-order valence-corrected chi connectivity index (χ3v) is 12.4. The second-order valence-electron chi connectivity index (χ2n) is 14.2. The van der Waals surface area contributed by atoms with Crippen molar-refractivity contribution in [2.75, 3.05) is 5.32 Å². The van der Waals surface area contributed by atoms with Crippen molar-refractivity contribution in [2.45, 2.75) is 32.2 Å². The van der Waals surface area contributed by atoms with Crippen LogP contribution < -0.4 is 15.9 Å². The van der Waals surface area contributed by atoms with Crippen molar-refractivity contribution < 1.29 is 0 Å². The molecule has 1 N–H and O–H groups in total. The van der Waals surface area contributed by atoms with E-state index < -0.39 is 0 Å². The van der Waals surface area contributed by atoms with Crippen LogP contribution in [0.25, 0.3) is 67.4 Å². The van der Waals surface area contributed by atoms with Crippen molar-refractivity contribution in [3.8, 4) is 5.69 Å². The molecule has 5 heteroatoms. The highest BCUT2D eigenvalue weighted by molar-refractivity contribution is 7.17. The molecule has 1 aliphatic heterocycles. The number of nitrogens with one attached hydrogen (secondary N) is 1.